The van der Waals surface area contributed by atoms with Gasteiger partial charge in [0.05, 0.1) is 0 Å². The summed E-state index contributed by atoms with van der Waals surface area (Å²) < 4.78 is 5.73. The minimum absolute atomic E-state index is 0.0394. The summed E-state index contributed by atoms with van der Waals surface area (Å²) >= 11 is 0. The maximum Gasteiger partial charge on any atom is 0.253 e. The van der Waals surface area contributed by atoms with Crippen molar-refractivity contribution >= 4 is 5.91 Å². The van der Waals surface area contributed by atoms with Crippen molar-refractivity contribution in [1.29, 1.82) is 0 Å². The van der Waals surface area contributed by atoms with Crippen LogP contribution in [-0.2, 0) is 6.61 Å². The van der Waals surface area contributed by atoms with E-state index in [4.69, 9.17) is 4.74 Å². The van der Waals surface area contributed by atoms with Crippen molar-refractivity contribution in [2.45, 2.75) is 38.7 Å². The van der Waals surface area contributed by atoms with Gasteiger partial charge in [-0.2, -0.15) is 0 Å². The van der Waals surface area contributed by atoms with E-state index in [-0.39, 0.29) is 5.91 Å². The first-order valence-corrected chi connectivity index (χ1v) is 9.10. The zero-order valence-electron chi connectivity index (χ0n) is 14.9. The van der Waals surface area contributed by atoms with E-state index in [1.165, 1.54) is 32.1 Å². The number of ether oxygens (including phenoxy) is 1. The summed E-state index contributed by atoms with van der Waals surface area (Å²) in [7, 11) is 1.89. The molecular weight excluding hydrogens is 312 g/mol. The molecule has 1 saturated carbocycles. The van der Waals surface area contributed by atoms with E-state index < -0.39 is 0 Å². The van der Waals surface area contributed by atoms with Crippen LogP contribution in [0, 0.1) is 5.92 Å². The third-order valence-corrected chi connectivity index (χ3v) is 4.81. The SMILES string of the molecule is CN(CC1CCCCC1)C(=O)c1ccnc(OCc2ccccc2)c1. The van der Waals surface area contributed by atoms with Crippen molar-refractivity contribution in [2.24, 2.45) is 5.92 Å². The van der Waals surface area contributed by atoms with Crippen molar-refractivity contribution in [3.8, 4) is 5.88 Å². The molecule has 0 bridgehead atoms. The first-order chi connectivity index (χ1) is 12.2. The lowest BCUT2D eigenvalue weighted by molar-refractivity contribution is 0.0760. The van der Waals surface area contributed by atoms with E-state index >= 15 is 0 Å². The second-order valence-electron chi connectivity index (χ2n) is 6.85. The fraction of sp³-hybridized carbons (Fsp3) is 0.429. The molecule has 3 rings (SSSR count). The summed E-state index contributed by atoms with van der Waals surface area (Å²) in [6.45, 7) is 1.28. The normalized spacial score (nSPS) is 14.9. The van der Waals surface area contributed by atoms with Crippen molar-refractivity contribution in [2.75, 3.05) is 13.6 Å². The minimum Gasteiger partial charge on any atom is -0.473 e. The third-order valence-electron chi connectivity index (χ3n) is 4.81. The quantitative estimate of drug-likeness (QED) is 0.788. The van der Waals surface area contributed by atoms with Gasteiger partial charge in [-0.1, -0.05) is 49.6 Å². The van der Waals surface area contributed by atoms with Gasteiger partial charge in [0.2, 0.25) is 5.88 Å². The zero-order valence-corrected chi connectivity index (χ0v) is 14.9. The Morgan fingerprint density at radius 1 is 1.16 bits per heavy atom. The predicted molar refractivity (Wildman–Crippen MR) is 98.5 cm³/mol. The smallest absolute Gasteiger partial charge is 0.253 e. The van der Waals surface area contributed by atoms with Crippen LogP contribution in [0.15, 0.2) is 48.7 Å². The average Bonchev–Trinajstić information content (AvgIpc) is 2.67. The van der Waals surface area contributed by atoms with Crippen LogP contribution >= 0.6 is 0 Å². The molecule has 0 radical (unpaired) electrons. The molecule has 1 fully saturated rings. The molecule has 132 valence electrons. The van der Waals surface area contributed by atoms with Gasteiger partial charge in [0, 0.05) is 31.4 Å². The van der Waals surface area contributed by atoms with E-state index in [1.807, 2.05) is 42.3 Å². The number of hydrogen-bond donors (Lipinski definition) is 0. The van der Waals surface area contributed by atoms with Crippen molar-refractivity contribution in [3.63, 3.8) is 0 Å². The molecule has 25 heavy (non-hydrogen) atoms. The van der Waals surface area contributed by atoms with Crippen LogP contribution in [0.5, 0.6) is 5.88 Å². The Balaban J connectivity index is 1.58. The monoisotopic (exact) mass is 338 g/mol. The maximum absolute atomic E-state index is 12.7. The molecule has 2 aromatic rings. The molecule has 0 atom stereocenters. The Labute approximate surface area is 149 Å². The van der Waals surface area contributed by atoms with Crippen molar-refractivity contribution < 1.29 is 9.53 Å². The molecule has 1 aliphatic rings. The number of carbonyl (C=O) groups excluding carboxylic acids is 1. The van der Waals surface area contributed by atoms with Crippen LogP contribution in [0.4, 0.5) is 0 Å². The molecule has 1 aliphatic carbocycles. The van der Waals surface area contributed by atoms with Crippen molar-refractivity contribution in [3.05, 3.63) is 59.8 Å². The molecule has 4 heteroatoms. The number of hydrogen-bond acceptors (Lipinski definition) is 3. The Bertz CT molecular complexity index is 681. The highest BCUT2D eigenvalue weighted by molar-refractivity contribution is 5.94. The van der Waals surface area contributed by atoms with Crippen LogP contribution < -0.4 is 4.74 Å². The lowest BCUT2D eigenvalue weighted by atomic mass is 9.89. The zero-order chi connectivity index (χ0) is 17.5. The van der Waals surface area contributed by atoms with Crippen LogP contribution in [-0.4, -0.2) is 29.4 Å². The van der Waals surface area contributed by atoms with Crippen LogP contribution in [0.3, 0.4) is 0 Å². The molecule has 0 unspecified atom stereocenters. The van der Waals surface area contributed by atoms with Crippen molar-refractivity contribution in [1.82, 2.24) is 9.88 Å². The molecule has 0 spiro atoms. The summed E-state index contributed by atoms with van der Waals surface area (Å²) in [4.78, 5) is 18.7. The minimum atomic E-state index is 0.0394. The topological polar surface area (TPSA) is 42.4 Å². The molecule has 1 aromatic heterocycles. The molecular formula is C21H26N2O2. The largest absolute Gasteiger partial charge is 0.473 e. The van der Waals surface area contributed by atoms with Gasteiger partial charge in [-0.3, -0.25) is 4.79 Å². The first-order valence-electron chi connectivity index (χ1n) is 9.10. The summed E-state index contributed by atoms with van der Waals surface area (Å²) in [6.07, 6.45) is 8.03. The van der Waals surface area contributed by atoms with E-state index in [9.17, 15) is 4.79 Å². The van der Waals surface area contributed by atoms with Crippen LogP contribution in [0.1, 0.15) is 48.0 Å². The summed E-state index contributed by atoms with van der Waals surface area (Å²) in [5.41, 5.74) is 1.71. The standard InChI is InChI=1S/C21H26N2O2/c1-23(15-17-8-4-2-5-9-17)21(24)19-12-13-22-20(14-19)25-16-18-10-6-3-7-11-18/h3,6-7,10-14,17H,2,4-5,8-9,15-16H2,1H3. The highest BCUT2D eigenvalue weighted by atomic mass is 16.5. The number of nitrogens with zero attached hydrogens (tertiary/aromatic N) is 2. The third kappa shape index (κ3) is 5.05. The highest BCUT2D eigenvalue weighted by Crippen LogP contribution is 2.24. The van der Waals surface area contributed by atoms with Gasteiger partial charge in [0.1, 0.15) is 6.61 Å². The predicted octanol–water partition coefficient (Wildman–Crippen LogP) is 4.31. The van der Waals surface area contributed by atoms with Gasteiger partial charge in [-0.25, -0.2) is 4.98 Å². The fourth-order valence-corrected chi connectivity index (χ4v) is 3.41. The molecule has 1 amide bonds. The van der Waals surface area contributed by atoms with Crippen LogP contribution in [0.2, 0.25) is 0 Å². The lowest BCUT2D eigenvalue weighted by Crippen LogP contribution is -2.32. The maximum atomic E-state index is 12.7. The Morgan fingerprint density at radius 2 is 1.92 bits per heavy atom. The summed E-state index contributed by atoms with van der Waals surface area (Å²) in [6, 6.07) is 13.4. The number of amides is 1. The molecule has 0 aliphatic heterocycles. The second-order valence-corrected chi connectivity index (χ2v) is 6.85. The second kappa shape index (κ2) is 8.65. The molecule has 1 heterocycles. The number of benzene rings is 1. The molecule has 4 nitrogen and oxygen atoms in total. The van der Waals surface area contributed by atoms with E-state index in [0.717, 1.165) is 12.1 Å². The number of aromatic nitrogens is 1. The molecule has 1 aromatic carbocycles. The van der Waals surface area contributed by atoms with Gasteiger partial charge in [0.25, 0.3) is 5.91 Å². The fourth-order valence-electron chi connectivity index (χ4n) is 3.41. The number of rotatable bonds is 6. The lowest BCUT2D eigenvalue weighted by Gasteiger charge is -2.27. The Morgan fingerprint density at radius 3 is 2.68 bits per heavy atom. The van der Waals surface area contributed by atoms with E-state index in [1.54, 1.807) is 18.3 Å². The molecule has 0 N–H and O–H groups in total. The summed E-state index contributed by atoms with van der Waals surface area (Å²) in [5, 5.41) is 0. The Hall–Kier alpha value is -2.36. The average molecular weight is 338 g/mol. The first kappa shape index (κ1) is 17.5. The number of carbonyl (C=O) groups is 1. The number of pyridine rings is 1. The van der Waals surface area contributed by atoms with Gasteiger partial charge in [0.15, 0.2) is 0 Å². The van der Waals surface area contributed by atoms with E-state index in [0.29, 0.717) is 24.0 Å². The van der Waals surface area contributed by atoms with Gasteiger partial charge < -0.3 is 9.64 Å². The van der Waals surface area contributed by atoms with Gasteiger partial charge in [-0.15, -0.1) is 0 Å². The summed E-state index contributed by atoms with van der Waals surface area (Å²) in [5.74, 6) is 1.16. The highest BCUT2D eigenvalue weighted by Gasteiger charge is 2.19. The van der Waals surface area contributed by atoms with Gasteiger partial charge >= 0.3 is 0 Å². The van der Waals surface area contributed by atoms with Gasteiger partial charge in [-0.05, 0) is 30.4 Å². The van der Waals surface area contributed by atoms with E-state index in [2.05, 4.69) is 4.98 Å². The Kier molecular flexibility index (Phi) is 6.04. The van der Waals surface area contributed by atoms with Crippen LogP contribution in [0.25, 0.3) is 0 Å². The molecule has 0 saturated heterocycles.